The standard InChI is InChI=1S/C32H46O3/c1-19(2)20(3)7-8-21(4)23-9-10-25-29(23,5)13-12-26-30(6)14-11-22(33)17-31(30)15-16-32(25,26)24-18-35-28(34)27(24)31/h7-8,15-16,19-21,23-27H,9-14,17-18H2,1-6H3/b8-7+/t20-,21+,23+,24-,25?,26+,27-,29+,30+,31-,32-/m0/s1. The lowest BCUT2D eigenvalue weighted by atomic mass is 9.28. The number of ketones is 1. The van der Waals surface area contributed by atoms with Crippen LogP contribution >= 0.6 is 0 Å². The monoisotopic (exact) mass is 478 g/mol. The predicted molar refractivity (Wildman–Crippen MR) is 138 cm³/mol. The normalized spacial score (nSPS) is 51.7. The molecule has 1 aliphatic heterocycles. The number of Topliss-reactive ketones (excluding diaryl/α,β-unsaturated/α-hetero) is 1. The largest absolute Gasteiger partial charge is 0.465 e. The van der Waals surface area contributed by atoms with Gasteiger partial charge < -0.3 is 4.74 Å². The van der Waals surface area contributed by atoms with Gasteiger partial charge >= 0.3 is 5.97 Å². The first-order valence-corrected chi connectivity index (χ1v) is 14.6. The zero-order chi connectivity index (χ0) is 25.0. The second kappa shape index (κ2) is 7.57. The molecular formula is C32H46O3. The van der Waals surface area contributed by atoms with E-state index in [0.29, 0.717) is 66.2 Å². The number of carbonyl (C=O) groups is 2. The maximum absolute atomic E-state index is 13.3. The Labute approximate surface area is 212 Å². The van der Waals surface area contributed by atoms with Crippen LogP contribution in [0.1, 0.15) is 86.5 Å². The lowest BCUT2D eigenvalue weighted by Gasteiger charge is -2.74. The van der Waals surface area contributed by atoms with Crippen LogP contribution in [0.2, 0.25) is 0 Å². The van der Waals surface area contributed by atoms with Crippen LogP contribution in [-0.2, 0) is 14.3 Å². The fourth-order valence-electron chi connectivity index (χ4n) is 11.1. The summed E-state index contributed by atoms with van der Waals surface area (Å²) in [5.74, 6) is 4.18. The summed E-state index contributed by atoms with van der Waals surface area (Å²) >= 11 is 0. The highest BCUT2D eigenvalue weighted by Crippen LogP contribution is 2.81. The van der Waals surface area contributed by atoms with Gasteiger partial charge in [0.25, 0.3) is 0 Å². The van der Waals surface area contributed by atoms with Gasteiger partial charge in [0, 0.05) is 29.6 Å². The molecule has 0 aromatic rings. The van der Waals surface area contributed by atoms with Crippen LogP contribution in [0.3, 0.4) is 0 Å². The summed E-state index contributed by atoms with van der Waals surface area (Å²) < 4.78 is 5.89. The molecule has 7 aliphatic rings. The van der Waals surface area contributed by atoms with Crippen LogP contribution in [-0.4, -0.2) is 18.4 Å². The molecule has 3 heteroatoms. The minimum absolute atomic E-state index is 0.0149. The molecule has 4 saturated carbocycles. The van der Waals surface area contributed by atoms with E-state index in [1.54, 1.807) is 0 Å². The molecule has 1 unspecified atom stereocenters. The second-order valence-corrected chi connectivity index (χ2v) is 14.4. The number of carbonyl (C=O) groups excluding carboxylic acids is 2. The smallest absolute Gasteiger partial charge is 0.310 e. The Morgan fingerprint density at radius 3 is 2.49 bits per heavy atom. The van der Waals surface area contributed by atoms with Gasteiger partial charge in [-0.1, -0.05) is 65.8 Å². The minimum Gasteiger partial charge on any atom is -0.465 e. The first kappa shape index (κ1) is 24.0. The van der Waals surface area contributed by atoms with Crippen molar-refractivity contribution >= 4 is 11.8 Å². The predicted octanol–water partition coefficient (Wildman–Crippen LogP) is 7.02. The quantitative estimate of drug-likeness (QED) is 0.322. The fraction of sp³-hybridized carbons (Fsp3) is 0.812. The molecule has 35 heavy (non-hydrogen) atoms. The molecule has 192 valence electrons. The number of hydrogen-bond acceptors (Lipinski definition) is 3. The van der Waals surface area contributed by atoms with Crippen molar-refractivity contribution in [2.24, 2.45) is 69.0 Å². The molecule has 11 atom stereocenters. The van der Waals surface area contributed by atoms with E-state index < -0.39 is 0 Å². The third-order valence-corrected chi connectivity index (χ3v) is 13.2. The van der Waals surface area contributed by atoms with Crippen molar-refractivity contribution < 1.29 is 14.3 Å². The van der Waals surface area contributed by atoms with Gasteiger partial charge in [-0.15, -0.1) is 0 Å². The number of hydrogen-bond donors (Lipinski definition) is 0. The van der Waals surface area contributed by atoms with Crippen molar-refractivity contribution in [2.45, 2.75) is 86.5 Å². The van der Waals surface area contributed by atoms with E-state index >= 15 is 0 Å². The van der Waals surface area contributed by atoms with Crippen molar-refractivity contribution in [1.82, 2.24) is 0 Å². The number of cyclic esters (lactones) is 1. The SMILES string of the molecule is CC(C)[C@@H](C)/C=C/[C@@H](C)[C@H]1CCC2[C@@]34C=C[C@]5(CC(=O)CC[C@]5(C)[C@H]3CC[C@@]21C)[C@@H]1C(=O)OC[C@@H]14. The number of rotatable bonds is 4. The van der Waals surface area contributed by atoms with Crippen molar-refractivity contribution in [3.8, 4) is 0 Å². The molecule has 0 aromatic carbocycles. The van der Waals surface area contributed by atoms with Gasteiger partial charge in [0.2, 0.25) is 0 Å². The number of esters is 1. The van der Waals surface area contributed by atoms with Crippen molar-refractivity contribution in [1.29, 1.82) is 0 Å². The first-order chi connectivity index (χ1) is 16.5. The van der Waals surface area contributed by atoms with Gasteiger partial charge in [-0.05, 0) is 78.4 Å². The number of ether oxygens (including phenoxy) is 1. The molecular weight excluding hydrogens is 432 g/mol. The van der Waals surface area contributed by atoms with Gasteiger partial charge in [-0.3, -0.25) is 9.59 Å². The molecule has 7 rings (SSSR count). The van der Waals surface area contributed by atoms with E-state index in [1.807, 2.05) is 0 Å². The fourth-order valence-corrected chi connectivity index (χ4v) is 11.1. The minimum atomic E-state index is -0.318. The summed E-state index contributed by atoms with van der Waals surface area (Å²) in [5, 5.41) is 0. The van der Waals surface area contributed by atoms with Gasteiger partial charge in [-0.2, -0.15) is 0 Å². The lowest BCUT2D eigenvalue weighted by Crippen LogP contribution is -2.71. The lowest BCUT2D eigenvalue weighted by molar-refractivity contribution is -0.231. The summed E-state index contributed by atoms with van der Waals surface area (Å²) in [6, 6.07) is 0. The Kier molecular flexibility index (Phi) is 5.19. The highest BCUT2D eigenvalue weighted by molar-refractivity contribution is 5.85. The molecule has 2 spiro atoms. The summed E-state index contributed by atoms with van der Waals surface area (Å²) in [5.41, 5.74) is 0.0454. The molecule has 0 aromatic heterocycles. The highest BCUT2D eigenvalue weighted by atomic mass is 16.5. The van der Waals surface area contributed by atoms with Crippen LogP contribution in [0, 0.1) is 69.0 Å². The van der Waals surface area contributed by atoms with E-state index in [0.717, 1.165) is 6.42 Å². The van der Waals surface area contributed by atoms with E-state index in [9.17, 15) is 9.59 Å². The van der Waals surface area contributed by atoms with Crippen LogP contribution in [0.4, 0.5) is 0 Å². The van der Waals surface area contributed by atoms with E-state index in [4.69, 9.17) is 4.74 Å². The Balaban J connectivity index is 1.42. The Morgan fingerprint density at radius 2 is 1.74 bits per heavy atom. The average Bonchev–Trinajstić information content (AvgIpc) is 3.39. The molecule has 2 bridgehead atoms. The van der Waals surface area contributed by atoms with E-state index in [2.05, 4.69) is 65.8 Å². The Morgan fingerprint density at radius 1 is 0.971 bits per heavy atom. The molecule has 3 nitrogen and oxygen atoms in total. The van der Waals surface area contributed by atoms with Crippen LogP contribution in [0.5, 0.6) is 0 Å². The van der Waals surface area contributed by atoms with Gasteiger partial charge in [0.05, 0.1) is 12.5 Å². The molecule has 1 saturated heterocycles. The summed E-state index contributed by atoms with van der Waals surface area (Å²) in [6.45, 7) is 15.0. The average molecular weight is 479 g/mol. The third kappa shape index (κ3) is 2.79. The molecule has 5 fully saturated rings. The Hall–Kier alpha value is -1.38. The van der Waals surface area contributed by atoms with Gasteiger partial charge in [0.15, 0.2) is 0 Å². The number of allylic oxidation sites excluding steroid dienone is 4. The Bertz CT molecular complexity index is 993. The third-order valence-electron chi connectivity index (χ3n) is 13.2. The molecule has 6 aliphatic carbocycles. The van der Waals surface area contributed by atoms with E-state index in [1.165, 1.54) is 25.7 Å². The maximum Gasteiger partial charge on any atom is 0.310 e. The molecule has 0 radical (unpaired) electrons. The zero-order valence-electron chi connectivity index (χ0n) is 22.8. The summed E-state index contributed by atoms with van der Waals surface area (Å²) in [4.78, 5) is 26.1. The summed E-state index contributed by atoms with van der Waals surface area (Å²) in [6.07, 6.45) is 17.2. The van der Waals surface area contributed by atoms with Crippen molar-refractivity contribution in [3.05, 3.63) is 24.3 Å². The maximum atomic E-state index is 13.3. The van der Waals surface area contributed by atoms with Crippen LogP contribution < -0.4 is 0 Å². The van der Waals surface area contributed by atoms with Crippen LogP contribution in [0.15, 0.2) is 24.3 Å². The topological polar surface area (TPSA) is 43.4 Å². The summed E-state index contributed by atoms with van der Waals surface area (Å²) in [7, 11) is 0. The highest BCUT2D eigenvalue weighted by Gasteiger charge is 2.79. The molecule has 0 N–H and O–H groups in total. The first-order valence-electron chi connectivity index (χ1n) is 14.6. The van der Waals surface area contributed by atoms with Crippen LogP contribution in [0.25, 0.3) is 0 Å². The molecule has 1 heterocycles. The van der Waals surface area contributed by atoms with Gasteiger partial charge in [-0.25, -0.2) is 0 Å². The molecule has 0 amide bonds. The van der Waals surface area contributed by atoms with E-state index in [-0.39, 0.29) is 34.1 Å². The van der Waals surface area contributed by atoms with Crippen molar-refractivity contribution in [3.63, 3.8) is 0 Å². The number of fused-ring (bicyclic) bond motifs is 1. The van der Waals surface area contributed by atoms with Crippen molar-refractivity contribution in [2.75, 3.05) is 6.61 Å². The van der Waals surface area contributed by atoms with Gasteiger partial charge in [0.1, 0.15) is 5.78 Å². The second-order valence-electron chi connectivity index (χ2n) is 14.4. The zero-order valence-corrected chi connectivity index (χ0v) is 22.8.